The lowest BCUT2D eigenvalue weighted by Crippen LogP contribution is -2.28. The monoisotopic (exact) mass is 361 g/mol. The number of furan rings is 1. The van der Waals surface area contributed by atoms with Crippen molar-refractivity contribution in [3.05, 3.63) is 76.9 Å². The first-order chi connectivity index (χ1) is 11.6. The topological polar surface area (TPSA) is 50.5 Å². The first kappa shape index (κ1) is 17.0. The molecule has 4 nitrogen and oxygen atoms in total. The molecule has 6 heteroatoms. The Kier molecular flexibility index (Phi) is 5.50. The molecule has 0 radical (unpaired) electrons. The molecule has 3 aromatic rings. The van der Waals surface area contributed by atoms with Crippen molar-refractivity contribution in [3.63, 3.8) is 0 Å². The summed E-state index contributed by atoms with van der Waals surface area (Å²) in [7, 11) is -3.28. The molecule has 0 saturated carbocycles. The first-order valence-corrected chi connectivity index (χ1v) is 10.2. The Morgan fingerprint density at radius 2 is 1.79 bits per heavy atom. The van der Waals surface area contributed by atoms with Crippen LogP contribution in [0.2, 0.25) is 0 Å². The maximum atomic E-state index is 12.5. The average Bonchev–Trinajstić information content (AvgIpc) is 3.27. The summed E-state index contributed by atoms with van der Waals surface area (Å²) in [6, 6.07) is 16.4. The van der Waals surface area contributed by atoms with Crippen molar-refractivity contribution in [2.75, 3.05) is 12.3 Å². The molecule has 0 aliphatic carbocycles. The van der Waals surface area contributed by atoms with Crippen LogP contribution in [0, 0.1) is 0 Å². The van der Waals surface area contributed by atoms with E-state index in [1.807, 2.05) is 29.6 Å². The molecule has 0 fully saturated rings. The van der Waals surface area contributed by atoms with Gasteiger partial charge in [-0.2, -0.15) is 0 Å². The SMILES string of the molecule is O=S(=O)(CCN(Cc1ccco1)Cc1cccs1)c1ccccc1. The number of hydrogen-bond donors (Lipinski definition) is 0. The van der Waals surface area contributed by atoms with E-state index < -0.39 is 9.84 Å². The van der Waals surface area contributed by atoms with Gasteiger partial charge in [0.25, 0.3) is 0 Å². The summed E-state index contributed by atoms with van der Waals surface area (Å²) >= 11 is 1.67. The van der Waals surface area contributed by atoms with Crippen molar-refractivity contribution in [2.24, 2.45) is 0 Å². The third-order valence-corrected chi connectivity index (χ3v) is 6.27. The van der Waals surface area contributed by atoms with Crippen molar-refractivity contribution in [1.82, 2.24) is 4.90 Å². The van der Waals surface area contributed by atoms with Crippen LogP contribution in [0.4, 0.5) is 0 Å². The van der Waals surface area contributed by atoms with Crippen molar-refractivity contribution >= 4 is 21.2 Å². The molecule has 0 unspecified atom stereocenters. The van der Waals surface area contributed by atoms with Crippen molar-refractivity contribution in [3.8, 4) is 0 Å². The second-order valence-electron chi connectivity index (χ2n) is 5.50. The summed E-state index contributed by atoms with van der Waals surface area (Å²) in [5, 5.41) is 2.03. The molecule has 3 rings (SSSR count). The number of hydrogen-bond acceptors (Lipinski definition) is 5. The summed E-state index contributed by atoms with van der Waals surface area (Å²) in [5.74, 6) is 0.923. The third kappa shape index (κ3) is 4.56. The van der Waals surface area contributed by atoms with Crippen molar-refractivity contribution in [1.29, 1.82) is 0 Å². The Morgan fingerprint density at radius 1 is 0.958 bits per heavy atom. The van der Waals surface area contributed by atoms with Crippen LogP contribution in [-0.2, 0) is 22.9 Å². The van der Waals surface area contributed by atoms with Gasteiger partial charge >= 0.3 is 0 Å². The molecular formula is C18H19NO3S2. The Labute approximate surface area is 146 Å². The summed E-state index contributed by atoms with van der Waals surface area (Å²) in [6.45, 7) is 1.76. The summed E-state index contributed by atoms with van der Waals surface area (Å²) < 4.78 is 30.4. The van der Waals surface area contributed by atoms with Crippen molar-refractivity contribution in [2.45, 2.75) is 18.0 Å². The minimum absolute atomic E-state index is 0.0864. The second-order valence-corrected chi connectivity index (χ2v) is 8.64. The van der Waals surface area contributed by atoms with Gasteiger partial charge in [-0.1, -0.05) is 24.3 Å². The number of rotatable bonds is 8. The lowest BCUT2D eigenvalue weighted by Gasteiger charge is -2.20. The fourth-order valence-corrected chi connectivity index (χ4v) is 4.51. The van der Waals surface area contributed by atoms with Crippen LogP contribution in [0.1, 0.15) is 10.6 Å². The molecular weight excluding hydrogens is 342 g/mol. The van der Waals surface area contributed by atoms with Gasteiger partial charge in [0.05, 0.1) is 23.5 Å². The van der Waals surface area contributed by atoms with Gasteiger partial charge in [0.1, 0.15) is 5.76 Å². The quantitative estimate of drug-likeness (QED) is 0.612. The third-order valence-electron chi connectivity index (χ3n) is 3.70. The molecule has 0 aliphatic heterocycles. The maximum Gasteiger partial charge on any atom is 0.179 e. The number of nitrogens with zero attached hydrogens (tertiary/aromatic N) is 1. The smallest absolute Gasteiger partial charge is 0.179 e. The zero-order chi connectivity index (χ0) is 16.8. The molecule has 2 aromatic heterocycles. The summed E-state index contributed by atoms with van der Waals surface area (Å²) in [5.41, 5.74) is 0. The van der Waals surface area contributed by atoms with Crippen LogP contribution in [0.15, 0.2) is 75.6 Å². The Hall–Kier alpha value is -1.89. The van der Waals surface area contributed by atoms with E-state index >= 15 is 0 Å². The van der Waals surface area contributed by atoms with Gasteiger partial charge in [-0.15, -0.1) is 11.3 Å². The lowest BCUT2D eigenvalue weighted by molar-refractivity contribution is 0.250. The molecule has 0 aliphatic rings. The van der Waals surface area contributed by atoms with E-state index in [4.69, 9.17) is 4.42 Å². The van der Waals surface area contributed by atoms with E-state index in [0.29, 0.717) is 24.5 Å². The number of thiophene rings is 1. The molecule has 126 valence electrons. The molecule has 0 bridgehead atoms. The van der Waals surface area contributed by atoms with E-state index in [0.717, 1.165) is 5.76 Å². The number of sulfone groups is 1. The minimum Gasteiger partial charge on any atom is -0.468 e. The van der Waals surface area contributed by atoms with Crippen LogP contribution in [-0.4, -0.2) is 25.6 Å². The van der Waals surface area contributed by atoms with Crippen LogP contribution in [0.25, 0.3) is 0 Å². The van der Waals surface area contributed by atoms with E-state index in [9.17, 15) is 8.42 Å². The highest BCUT2D eigenvalue weighted by Gasteiger charge is 2.17. The van der Waals surface area contributed by atoms with Crippen molar-refractivity contribution < 1.29 is 12.8 Å². The maximum absolute atomic E-state index is 12.5. The van der Waals surface area contributed by atoms with Crippen LogP contribution in [0.3, 0.4) is 0 Å². The van der Waals surface area contributed by atoms with E-state index in [1.165, 1.54) is 4.88 Å². The predicted molar refractivity (Wildman–Crippen MR) is 95.6 cm³/mol. The van der Waals surface area contributed by atoms with Crippen LogP contribution < -0.4 is 0 Å². The highest BCUT2D eigenvalue weighted by Crippen LogP contribution is 2.16. The largest absolute Gasteiger partial charge is 0.468 e. The Balaban J connectivity index is 1.69. The molecule has 0 amide bonds. The molecule has 24 heavy (non-hydrogen) atoms. The fourth-order valence-electron chi connectivity index (χ4n) is 2.45. The molecule has 1 aromatic carbocycles. The van der Waals surface area contributed by atoms with Gasteiger partial charge in [0, 0.05) is 18.0 Å². The number of benzene rings is 1. The van der Waals surface area contributed by atoms with Gasteiger partial charge in [0.15, 0.2) is 9.84 Å². The minimum atomic E-state index is -3.28. The average molecular weight is 361 g/mol. The highest BCUT2D eigenvalue weighted by molar-refractivity contribution is 7.91. The van der Waals surface area contributed by atoms with E-state index in [2.05, 4.69) is 11.0 Å². The molecule has 0 saturated heterocycles. The molecule has 0 atom stereocenters. The van der Waals surface area contributed by atoms with Gasteiger partial charge in [-0.05, 0) is 35.7 Å². The van der Waals surface area contributed by atoms with Crippen LogP contribution in [0.5, 0.6) is 0 Å². The Bertz CT molecular complexity index is 790. The Morgan fingerprint density at radius 3 is 2.46 bits per heavy atom. The highest BCUT2D eigenvalue weighted by atomic mass is 32.2. The van der Waals surface area contributed by atoms with Gasteiger partial charge in [0.2, 0.25) is 0 Å². The zero-order valence-corrected chi connectivity index (χ0v) is 14.8. The van der Waals surface area contributed by atoms with E-state index in [-0.39, 0.29) is 5.75 Å². The first-order valence-electron chi connectivity index (χ1n) is 7.68. The zero-order valence-electron chi connectivity index (χ0n) is 13.2. The molecule has 2 heterocycles. The van der Waals surface area contributed by atoms with Gasteiger partial charge in [-0.25, -0.2) is 8.42 Å². The van der Waals surface area contributed by atoms with E-state index in [1.54, 1.807) is 41.9 Å². The van der Waals surface area contributed by atoms with Gasteiger partial charge in [-0.3, -0.25) is 4.90 Å². The summed E-state index contributed by atoms with van der Waals surface area (Å²) in [6.07, 6.45) is 1.64. The molecule has 0 N–H and O–H groups in total. The fraction of sp³-hybridized carbons (Fsp3) is 0.222. The molecule has 0 spiro atoms. The van der Waals surface area contributed by atoms with Crippen LogP contribution >= 0.6 is 11.3 Å². The predicted octanol–water partition coefficient (Wildman–Crippen LogP) is 3.82. The second kappa shape index (κ2) is 7.79. The lowest BCUT2D eigenvalue weighted by atomic mass is 10.3. The van der Waals surface area contributed by atoms with Gasteiger partial charge < -0.3 is 4.42 Å². The normalized spacial score (nSPS) is 11.9. The summed E-state index contributed by atoms with van der Waals surface area (Å²) in [4.78, 5) is 3.68. The standard InChI is InChI=1S/C18H19NO3S2/c20-24(21,18-8-2-1-3-9-18)13-10-19(14-16-6-4-11-22-16)15-17-7-5-12-23-17/h1-9,11-12H,10,13-15H2.